The highest BCUT2D eigenvalue weighted by Crippen LogP contribution is 2.51. The smallest absolute Gasteiger partial charge is 0.141 e. The molecule has 0 amide bonds. The molecule has 2 saturated carbocycles. The maximum absolute atomic E-state index is 12.2. The Balaban J connectivity index is 2.17. The molecule has 0 radical (unpaired) electrons. The maximum atomic E-state index is 12.2. The van der Waals surface area contributed by atoms with Gasteiger partial charge in [0.15, 0.2) is 0 Å². The van der Waals surface area contributed by atoms with Crippen LogP contribution in [0.5, 0.6) is 0 Å². The number of aliphatic hydroxyl groups is 1. The molecule has 0 aromatic carbocycles. The van der Waals surface area contributed by atoms with Gasteiger partial charge < -0.3 is 5.11 Å². The molecule has 14 heavy (non-hydrogen) atoms. The van der Waals surface area contributed by atoms with Gasteiger partial charge >= 0.3 is 0 Å². The van der Waals surface area contributed by atoms with E-state index < -0.39 is 0 Å². The Hall–Kier alpha value is -0.370. The number of ketones is 1. The summed E-state index contributed by atoms with van der Waals surface area (Å²) in [5.74, 6) is 1.26. The molecule has 0 saturated heterocycles. The van der Waals surface area contributed by atoms with Gasteiger partial charge in [0.05, 0.1) is 6.10 Å². The minimum absolute atomic E-state index is 0.157. The number of carbonyl (C=O) groups is 1. The molecule has 0 aromatic rings. The summed E-state index contributed by atoms with van der Waals surface area (Å²) >= 11 is 0. The van der Waals surface area contributed by atoms with Crippen LogP contribution in [0, 0.1) is 23.2 Å². The van der Waals surface area contributed by atoms with Crippen molar-refractivity contribution >= 4 is 5.78 Å². The van der Waals surface area contributed by atoms with Crippen LogP contribution in [0.2, 0.25) is 0 Å². The molecule has 2 bridgehead atoms. The van der Waals surface area contributed by atoms with Crippen molar-refractivity contribution in [2.24, 2.45) is 23.2 Å². The predicted molar refractivity (Wildman–Crippen MR) is 54.8 cm³/mol. The minimum atomic E-state index is -0.241. The van der Waals surface area contributed by atoms with E-state index in [1.54, 1.807) is 0 Å². The molecule has 2 aliphatic carbocycles. The fraction of sp³-hybridized carbons (Fsp3) is 0.917. The van der Waals surface area contributed by atoms with Gasteiger partial charge in [-0.1, -0.05) is 20.8 Å². The number of rotatable bonds is 1. The van der Waals surface area contributed by atoms with Gasteiger partial charge in [-0.05, 0) is 31.1 Å². The van der Waals surface area contributed by atoms with E-state index in [1.807, 2.05) is 20.8 Å². The fourth-order valence-electron chi connectivity index (χ4n) is 3.20. The van der Waals surface area contributed by atoms with Gasteiger partial charge in [-0.2, -0.15) is 0 Å². The normalized spacial score (nSPS) is 41.7. The zero-order valence-electron chi connectivity index (χ0n) is 9.29. The van der Waals surface area contributed by atoms with Gasteiger partial charge in [0.25, 0.3) is 0 Å². The van der Waals surface area contributed by atoms with Gasteiger partial charge in [-0.15, -0.1) is 0 Å². The van der Waals surface area contributed by atoms with Crippen molar-refractivity contribution in [1.82, 2.24) is 0 Å². The first-order chi connectivity index (χ1) is 6.41. The van der Waals surface area contributed by atoms with Crippen LogP contribution < -0.4 is 0 Å². The van der Waals surface area contributed by atoms with Gasteiger partial charge in [0.1, 0.15) is 5.78 Å². The summed E-state index contributed by atoms with van der Waals surface area (Å²) in [6, 6.07) is 0. The average molecular weight is 196 g/mol. The lowest BCUT2D eigenvalue weighted by atomic mass is 9.78. The van der Waals surface area contributed by atoms with Crippen LogP contribution in [0.1, 0.15) is 40.0 Å². The quantitative estimate of drug-likeness (QED) is 0.696. The van der Waals surface area contributed by atoms with Crippen LogP contribution in [0.4, 0.5) is 0 Å². The second-order valence-electron chi connectivity index (χ2n) is 5.94. The lowest BCUT2D eigenvalue weighted by Crippen LogP contribution is -2.32. The molecule has 1 N–H and O–H groups in total. The monoisotopic (exact) mass is 196 g/mol. The Labute approximate surface area is 85.7 Å². The summed E-state index contributed by atoms with van der Waals surface area (Å²) in [6.45, 7) is 5.96. The molecule has 2 aliphatic rings. The summed E-state index contributed by atoms with van der Waals surface area (Å²) in [5.41, 5.74) is -0.241. The second-order valence-corrected chi connectivity index (χ2v) is 5.94. The summed E-state index contributed by atoms with van der Waals surface area (Å²) in [5, 5.41) is 9.75. The van der Waals surface area contributed by atoms with Crippen molar-refractivity contribution in [2.45, 2.75) is 46.1 Å². The highest BCUT2D eigenvalue weighted by molar-refractivity contribution is 5.87. The van der Waals surface area contributed by atoms with E-state index in [2.05, 4.69) is 0 Å². The fourth-order valence-corrected chi connectivity index (χ4v) is 3.20. The van der Waals surface area contributed by atoms with E-state index >= 15 is 0 Å². The van der Waals surface area contributed by atoms with Crippen LogP contribution in [-0.4, -0.2) is 17.0 Å². The van der Waals surface area contributed by atoms with Crippen LogP contribution in [0.3, 0.4) is 0 Å². The third-order valence-electron chi connectivity index (χ3n) is 3.92. The summed E-state index contributed by atoms with van der Waals surface area (Å²) in [7, 11) is 0. The number of Topliss-reactive ketones (excluding diaryl/α,β-unsaturated/α-hetero) is 1. The standard InChI is InChI=1S/C12H20O2/c1-12(2,3)11(14)10-7-4-5-8(10)9(13)6-7/h7-10,13H,4-6H2,1-3H3/t7-,8+,9+,10+/m0/s1. The number of fused-ring (bicyclic) bond motifs is 2. The molecule has 2 nitrogen and oxygen atoms in total. The molecule has 2 heteroatoms. The zero-order valence-corrected chi connectivity index (χ0v) is 9.29. The maximum Gasteiger partial charge on any atom is 0.141 e. The molecule has 2 fully saturated rings. The molecule has 0 heterocycles. The highest BCUT2D eigenvalue weighted by atomic mass is 16.3. The predicted octanol–water partition coefficient (Wildman–Crippen LogP) is 2.01. The second kappa shape index (κ2) is 3.06. The van der Waals surface area contributed by atoms with E-state index in [0.29, 0.717) is 11.7 Å². The van der Waals surface area contributed by atoms with Crippen molar-refractivity contribution < 1.29 is 9.90 Å². The summed E-state index contributed by atoms with van der Waals surface area (Å²) in [4.78, 5) is 12.2. The molecule has 0 unspecified atom stereocenters. The number of hydrogen-bond acceptors (Lipinski definition) is 2. The van der Waals surface area contributed by atoms with E-state index in [9.17, 15) is 9.90 Å². The Kier molecular flexibility index (Phi) is 2.22. The third-order valence-corrected chi connectivity index (χ3v) is 3.92. The molecule has 80 valence electrons. The zero-order chi connectivity index (χ0) is 10.5. The Morgan fingerprint density at radius 3 is 2.29 bits per heavy atom. The van der Waals surface area contributed by atoms with E-state index in [0.717, 1.165) is 19.3 Å². The number of hydrogen-bond donors (Lipinski definition) is 1. The Morgan fingerprint density at radius 1 is 1.29 bits per heavy atom. The van der Waals surface area contributed by atoms with Crippen molar-refractivity contribution in [2.75, 3.05) is 0 Å². The first-order valence-corrected chi connectivity index (χ1v) is 5.63. The van der Waals surface area contributed by atoms with Crippen LogP contribution >= 0.6 is 0 Å². The first-order valence-electron chi connectivity index (χ1n) is 5.63. The van der Waals surface area contributed by atoms with Crippen molar-refractivity contribution in [3.8, 4) is 0 Å². The molecule has 0 aliphatic heterocycles. The molecule has 0 aromatic heterocycles. The molecule has 4 atom stereocenters. The summed E-state index contributed by atoms with van der Waals surface area (Å²) in [6.07, 6.45) is 2.86. The molecular formula is C12H20O2. The third kappa shape index (κ3) is 1.40. The highest BCUT2D eigenvalue weighted by Gasteiger charge is 2.52. The van der Waals surface area contributed by atoms with E-state index in [-0.39, 0.29) is 23.4 Å². The van der Waals surface area contributed by atoms with Crippen molar-refractivity contribution in [1.29, 1.82) is 0 Å². The van der Waals surface area contributed by atoms with Gasteiger partial charge in [0, 0.05) is 11.3 Å². The molecular weight excluding hydrogens is 176 g/mol. The van der Waals surface area contributed by atoms with Gasteiger partial charge in [-0.3, -0.25) is 4.79 Å². The van der Waals surface area contributed by atoms with E-state index in [1.165, 1.54) is 0 Å². The lowest BCUT2D eigenvalue weighted by molar-refractivity contribution is -0.132. The van der Waals surface area contributed by atoms with Gasteiger partial charge in [-0.25, -0.2) is 0 Å². The summed E-state index contributed by atoms with van der Waals surface area (Å²) < 4.78 is 0. The largest absolute Gasteiger partial charge is 0.393 e. The lowest BCUT2D eigenvalue weighted by Gasteiger charge is -2.24. The Morgan fingerprint density at radius 2 is 1.93 bits per heavy atom. The molecule has 0 spiro atoms. The topological polar surface area (TPSA) is 37.3 Å². The van der Waals surface area contributed by atoms with Crippen LogP contribution in [0.15, 0.2) is 0 Å². The Bertz CT molecular complexity index is 252. The SMILES string of the molecule is CC(C)(C)C(=O)[C@@H]1[C@H]2CC[C@@H]1[C@H](O)C2. The van der Waals surface area contributed by atoms with E-state index in [4.69, 9.17) is 0 Å². The first kappa shape index (κ1) is 10.2. The van der Waals surface area contributed by atoms with Crippen molar-refractivity contribution in [3.63, 3.8) is 0 Å². The van der Waals surface area contributed by atoms with Crippen LogP contribution in [0.25, 0.3) is 0 Å². The van der Waals surface area contributed by atoms with Gasteiger partial charge in [0.2, 0.25) is 0 Å². The van der Waals surface area contributed by atoms with Crippen molar-refractivity contribution in [3.05, 3.63) is 0 Å². The van der Waals surface area contributed by atoms with Crippen LogP contribution in [-0.2, 0) is 4.79 Å². The molecule has 2 rings (SSSR count). The minimum Gasteiger partial charge on any atom is -0.393 e. The average Bonchev–Trinajstić information content (AvgIpc) is 2.56. The number of carbonyl (C=O) groups excluding carboxylic acids is 1. The number of aliphatic hydroxyl groups excluding tert-OH is 1.